The van der Waals surface area contributed by atoms with E-state index in [4.69, 9.17) is 0 Å². The number of hydrogen-bond acceptors (Lipinski definition) is 3. The zero-order chi connectivity index (χ0) is 20.5. The van der Waals surface area contributed by atoms with Gasteiger partial charge < -0.3 is 14.9 Å². The largest absolute Gasteiger partial charge is 0.348 e. The van der Waals surface area contributed by atoms with Crippen molar-refractivity contribution >= 4 is 16.9 Å². The minimum atomic E-state index is -0.588. The fourth-order valence-corrected chi connectivity index (χ4v) is 3.35. The second kappa shape index (κ2) is 7.27. The van der Waals surface area contributed by atoms with Crippen LogP contribution in [0, 0.1) is 6.92 Å². The van der Waals surface area contributed by atoms with Gasteiger partial charge in [-0.25, -0.2) is 9.36 Å². The molecule has 2 N–H and O–H groups in total. The lowest BCUT2D eigenvalue weighted by atomic mass is 10.2. The van der Waals surface area contributed by atoms with Crippen LogP contribution in [-0.4, -0.2) is 20.0 Å². The minimum Gasteiger partial charge on any atom is -0.348 e. The van der Waals surface area contributed by atoms with E-state index in [1.165, 1.54) is 0 Å². The molecule has 0 radical (unpaired) electrons. The van der Waals surface area contributed by atoms with Crippen molar-refractivity contribution in [2.75, 3.05) is 0 Å². The van der Waals surface area contributed by atoms with Crippen LogP contribution in [0.2, 0.25) is 0 Å². The normalized spacial score (nSPS) is 11.0. The maximum Gasteiger partial charge on any atom is 0.333 e. The summed E-state index contributed by atoms with van der Waals surface area (Å²) >= 11 is 0. The molecule has 29 heavy (non-hydrogen) atoms. The summed E-state index contributed by atoms with van der Waals surface area (Å²) < 4.78 is 2.64. The third-order valence-corrected chi connectivity index (χ3v) is 4.85. The Bertz CT molecular complexity index is 1310. The Morgan fingerprint density at radius 2 is 1.72 bits per heavy atom. The summed E-state index contributed by atoms with van der Waals surface area (Å²) in [6.45, 7) is 2.28. The van der Waals surface area contributed by atoms with Gasteiger partial charge in [0.05, 0.1) is 16.8 Å². The Morgan fingerprint density at radius 1 is 1.03 bits per heavy atom. The lowest BCUT2D eigenvalue weighted by molar-refractivity contribution is 0.0952. The van der Waals surface area contributed by atoms with Crippen LogP contribution >= 0.6 is 0 Å². The van der Waals surface area contributed by atoms with Crippen LogP contribution in [-0.2, 0) is 13.6 Å². The molecule has 0 aliphatic rings. The molecule has 0 fully saturated rings. The zero-order valence-corrected chi connectivity index (χ0v) is 16.1. The first-order chi connectivity index (χ1) is 14.0. The Morgan fingerprint density at radius 3 is 2.41 bits per heavy atom. The fourth-order valence-electron chi connectivity index (χ4n) is 3.35. The smallest absolute Gasteiger partial charge is 0.333 e. The van der Waals surface area contributed by atoms with Crippen LogP contribution in [0.15, 0.2) is 70.4 Å². The number of aryl methyl sites for hydroxylation is 2. The van der Waals surface area contributed by atoms with Gasteiger partial charge in [-0.15, -0.1) is 0 Å². The molecule has 0 aliphatic heterocycles. The molecule has 2 aromatic heterocycles. The number of fused-ring (bicyclic) bond motifs is 1. The molecule has 0 aliphatic carbocycles. The first-order valence-corrected chi connectivity index (χ1v) is 9.19. The average Bonchev–Trinajstić information content (AvgIpc) is 3.04. The minimum absolute atomic E-state index is 0.233. The molecule has 146 valence electrons. The van der Waals surface area contributed by atoms with Crippen molar-refractivity contribution in [1.29, 1.82) is 0 Å². The highest BCUT2D eigenvalue weighted by Gasteiger charge is 2.20. The summed E-state index contributed by atoms with van der Waals surface area (Å²) in [6.07, 6.45) is 1.56. The molecule has 7 heteroatoms. The van der Waals surface area contributed by atoms with Gasteiger partial charge in [0.1, 0.15) is 5.52 Å². The number of aromatic amines is 1. The van der Waals surface area contributed by atoms with E-state index in [1.54, 1.807) is 29.9 Å². The van der Waals surface area contributed by atoms with Crippen molar-refractivity contribution in [3.63, 3.8) is 0 Å². The number of hydrogen-bond donors (Lipinski definition) is 2. The van der Waals surface area contributed by atoms with E-state index in [9.17, 15) is 14.4 Å². The van der Waals surface area contributed by atoms with Crippen LogP contribution in [0.5, 0.6) is 0 Å². The molecule has 0 saturated heterocycles. The predicted octanol–water partition coefficient (Wildman–Crippen LogP) is 2.26. The summed E-state index contributed by atoms with van der Waals surface area (Å²) in [5, 5.41) is 2.83. The van der Waals surface area contributed by atoms with Crippen molar-refractivity contribution in [2.24, 2.45) is 7.05 Å². The van der Waals surface area contributed by atoms with Gasteiger partial charge in [0, 0.05) is 19.8 Å². The topological polar surface area (TPSA) is 88.9 Å². The summed E-state index contributed by atoms with van der Waals surface area (Å²) in [4.78, 5) is 41.1. The van der Waals surface area contributed by atoms with Crippen molar-refractivity contribution in [3.8, 4) is 5.69 Å². The van der Waals surface area contributed by atoms with Crippen molar-refractivity contribution < 1.29 is 4.79 Å². The highest BCUT2D eigenvalue weighted by atomic mass is 16.2. The molecular weight excluding hydrogens is 368 g/mol. The molecule has 0 bridgehead atoms. The molecule has 2 aromatic carbocycles. The van der Waals surface area contributed by atoms with E-state index in [-0.39, 0.29) is 22.5 Å². The number of aromatic nitrogens is 3. The van der Waals surface area contributed by atoms with Crippen LogP contribution in [0.3, 0.4) is 0 Å². The second-order valence-corrected chi connectivity index (χ2v) is 6.95. The molecule has 0 spiro atoms. The van der Waals surface area contributed by atoms with E-state index in [1.807, 2.05) is 49.4 Å². The second-order valence-electron chi connectivity index (χ2n) is 6.95. The molecule has 0 atom stereocenters. The van der Waals surface area contributed by atoms with E-state index in [0.717, 1.165) is 15.7 Å². The van der Waals surface area contributed by atoms with E-state index < -0.39 is 11.2 Å². The number of carbonyl (C=O) groups is 1. The van der Waals surface area contributed by atoms with Gasteiger partial charge in [0.15, 0.2) is 0 Å². The lowest BCUT2D eigenvalue weighted by Gasteiger charge is -2.07. The average molecular weight is 388 g/mol. The van der Waals surface area contributed by atoms with Crippen LogP contribution in [0.4, 0.5) is 0 Å². The lowest BCUT2D eigenvalue weighted by Crippen LogP contribution is -2.34. The third kappa shape index (κ3) is 3.38. The molecule has 7 nitrogen and oxygen atoms in total. The number of amides is 1. The van der Waals surface area contributed by atoms with Crippen LogP contribution in [0.1, 0.15) is 21.5 Å². The van der Waals surface area contributed by atoms with Crippen LogP contribution in [0.25, 0.3) is 16.7 Å². The number of benzene rings is 2. The summed E-state index contributed by atoms with van der Waals surface area (Å²) in [7, 11) is 1.68. The standard InChI is InChI=1S/C22H20N4O3/c1-14-8-10-16(11-9-14)26-21(28)19-18(24-22(26)29)17(13-25(19)2)20(27)23-12-15-6-4-3-5-7-15/h3-11,13H,12H2,1-2H3,(H,23,27)(H,24,29). The quantitative estimate of drug-likeness (QED) is 0.562. The number of H-pyrrole nitrogens is 1. The van der Waals surface area contributed by atoms with Gasteiger partial charge in [0.2, 0.25) is 0 Å². The SMILES string of the molecule is Cc1ccc(-n2c(=O)[nH]c3c(C(=O)NCc4ccccc4)cn(C)c3c2=O)cc1. The molecule has 0 unspecified atom stereocenters. The van der Waals surface area contributed by atoms with Crippen molar-refractivity contribution in [2.45, 2.75) is 13.5 Å². The fraction of sp³-hybridized carbons (Fsp3) is 0.136. The molecule has 1 amide bonds. The van der Waals surface area contributed by atoms with E-state index in [2.05, 4.69) is 10.3 Å². The number of rotatable bonds is 4. The Hall–Kier alpha value is -3.87. The predicted molar refractivity (Wildman–Crippen MR) is 111 cm³/mol. The third-order valence-electron chi connectivity index (χ3n) is 4.85. The Balaban J connectivity index is 1.76. The number of nitrogens with zero attached hydrogens (tertiary/aromatic N) is 2. The molecule has 0 saturated carbocycles. The summed E-state index contributed by atoms with van der Waals surface area (Å²) in [5.41, 5.74) is 2.13. The van der Waals surface area contributed by atoms with Gasteiger partial charge in [0.25, 0.3) is 11.5 Å². The van der Waals surface area contributed by atoms with E-state index >= 15 is 0 Å². The highest BCUT2D eigenvalue weighted by Crippen LogP contribution is 2.15. The Kier molecular flexibility index (Phi) is 4.64. The van der Waals surface area contributed by atoms with Gasteiger partial charge >= 0.3 is 5.69 Å². The monoisotopic (exact) mass is 388 g/mol. The first kappa shape index (κ1) is 18.5. The zero-order valence-electron chi connectivity index (χ0n) is 16.1. The molecule has 2 heterocycles. The maximum absolute atomic E-state index is 13.1. The molecule has 4 rings (SSSR count). The van der Waals surface area contributed by atoms with Gasteiger partial charge in [-0.3, -0.25) is 9.59 Å². The summed E-state index contributed by atoms with van der Waals surface area (Å²) in [5.74, 6) is -0.359. The van der Waals surface area contributed by atoms with Crippen LogP contribution < -0.4 is 16.6 Å². The van der Waals surface area contributed by atoms with Gasteiger partial charge in [-0.2, -0.15) is 0 Å². The maximum atomic E-state index is 13.1. The molecular formula is C22H20N4O3. The molecule has 4 aromatic rings. The van der Waals surface area contributed by atoms with Gasteiger partial charge in [-0.05, 0) is 24.6 Å². The first-order valence-electron chi connectivity index (χ1n) is 9.19. The van der Waals surface area contributed by atoms with Crippen molar-refractivity contribution in [1.82, 2.24) is 19.4 Å². The number of nitrogens with one attached hydrogen (secondary N) is 2. The number of carbonyl (C=O) groups excluding carboxylic acids is 1. The van der Waals surface area contributed by atoms with Gasteiger partial charge in [-0.1, -0.05) is 48.0 Å². The van der Waals surface area contributed by atoms with E-state index in [0.29, 0.717) is 12.2 Å². The summed E-state index contributed by atoms with van der Waals surface area (Å²) in [6, 6.07) is 16.6. The highest BCUT2D eigenvalue weighted by molar-refractivity contribution is 6.05. The van der Waals surface area contributed by atoms with Crippen molar-refractivity contribution in [3.05, 3.63) is 98.3 Å². The Labute approximate surface area is 166 Å².